The highest BCUT2D eigenvalue weighted by Crippen LogP contribution is 2.29. The highest BCUT2D eigenvalue weighted by Gasteiger charge is 2.35. The minimum atomic E-state index is 0.0933. The first-order valence-corrected chi connectivity index (χ1v) is 8.22. The number of hydrogen-bond acceptors (Lipinski definition) is 4. The number of hydrogen-bond donors (Lipinski definition) is 0. The molecule has 7 heteroatoms. The van der Waals surface area contributed by atoms with Gasteiger partial charge >= 0.3 is 0 Å². The zero-order chi connectivity index (χ0) is 14.4. The molecular formula is C14H11BrN4OS. The van der Waals surface area contributed by atoms with Crippen molar-refractivity contribution in [3.63, 3.8) is 0 Å². The smallest absolute Gasteiger partial charge is 0.264 e. The third-order valence-corrected chi connectivity index (χ3v) is 5.33. The average molecular weight is 363 g/mol. The monoisotopic (exact) mass is 362 g/mol. The van der Waals surface area contributed by atoms with Gasteiger partial charge in [-0.05, 0) is 34.1 Å². The van der Waals surface area contributed by atoms with Crippen molar-refractivity contribution in [3.05, 3.63) is 51.0 Å². The summed E-state index contributed by atoms with van der Waals surface area (Å²) < 4.78 is 2.95. The van der Waals surface area contributed by atoms with Crippen LogP contribution in [0.3, 0.4) is 0 Å². The number of pyridine rings is 1. The molecule has 3 aromatic heterocycles. The van der Waals surface area contributed by atoms with E-state index in [0.717, 1.165) is 20.8 Å². The second-order valence-electron chi connectivity index (χ2n) is 5.02. The third kappa shape index (κ3) is 2.16. The first-order chi connectivity index (χ1) is 10.2. The molecule has 3 aromatic rings. The summed E-state index contributed by atoms with van der Waals surface area (Å²) in [5.41, 5.74) is 0.847. The summed E-state index contributed by atoms with van der Waals surface area (Å²) in [6.45, 7) is 1.40. The molecule has 1 amide bonds. The maximum atomic E-state index is 12.3. The molecule has 1 saturated heterocycles. The van der Waals surface area contributed by atoms with E-state index in [1.54, 1.807) is 0 Å². The molecule has 0 aliphatic carbocycles. The predicted molar refractivity (Wildman–Crippen MR) is 83.7 cm³/mol. The van der Waals surface area contributed by atoms with Crippen LogP contribution in [0.4, 0.5) is 0 Å². The topological polar surface area (TPSA) is 50.5 Å². The first kappa shape index (κ1) is 13.0. The van der Waals surface area contributed by atoms with Crippen molar-refractivity contribution in [2.24, 2.45) is 0 Å². The molecule has 0 atom stereocenters. The van der Waals surface area contributed by atoms with Crippen LogP contribution in [-0.4, -0.2) is 38.5 Å². The van der Waals surface area contributed by atoms with Gasteiger partial charge in [-0.25, -0.2) is 0 Å². The first-order valence-electron chi connectivity index (χ1n) is 6.55. The van der Waals surface area contributed by atoms with Gasteiger partial charge in [0, 0.05) is 29.1 Å². The molecule has 0 unspecified atom stereocenters. The molecule has 0 saturated carbocycles. The second-order valence-corrected chi connectivity index (χ2v) is 6.85. The van der Waals surface area contributed by atoms with Crippen molar-refractivity contribution in [1.82, 2.24) is 19.5 Å². The summed E-state index contributed by atoms with van der Waals surface area (Å²) in [7, 11) is 0. The van der Waals surface area contributed by atoms with E-state index in [1.165, 1.54) is 11.3 Å². The van der Waals surface area contributed by atoms with Crippen LogP contribution >= 0.6 is 27.3 Å². The van der Waals surface area contributed by atoms with E-state index in [2.05, 4.69) is 26.1 Å². The lowest BCUT2D eigenvalue weighted by Crippen LogP contribution is -2.48. The Hall–Kier alpha value is -1.73. The van der Waals surface area contributed by atoms with Crippen LogP contribution in [0.2, 0.25) is 0 Å². The Kier molecular flexibility index (Phi) is 3.04. The fourth-order valence-electron chi connectivity index (χ4n) is 2.53. The fraction of sp³-hybridized carbons (Fsp3) is 0.214. The largest absolute Gasteiger partial charge is 0.336 e. The standard InChI is InChI=1S/C14H11BrN4OS/c15-10-5-11(21-8-10)14(20)18-6-9(7-18)13-17-16-12-3-1-2-4-19(12)13/h1-5,8-9H,6-7H2. The average Bonchev–Trinajstić information content (AvgIpc) is 3.04. The third-order valence-electron chi connectivity index (χ3n) is 3.65. The van der Waals surface area contributed by atoms with Crippen molar-refractivity contribution in [2.75, 3.05) is 13.1 Å². The number of likely N-dealkylation sites (tertiary alicyclic amines) is 1. The molecule has 0 aromatic carbocycles. The lowest BCUT2D eigenvalue weighted by molar-refractivity contribution is 0.0599. The number of rotatable bonds is 2. The van der Waals surface area contributed by atoms with Gasteiger partial charge in [-0.15, -0.1) is 21.5 Å². The molecule has 0 radical (unpaired) electrons. The Morgan fingerprint density at radius 1 is 1.33 bits per heavy atom. The summed E-state index contributed by atoms with van der Waals surface area (Å²) in [6, 6.07) is 7.71. The summed E-state index contributed by atoms with van der Waals surface area (Å²) in [6.07, 6.45) is 1.96. The summed E-state index contributed by atoms with van der Waals surface area (Å²) >= 11 is 4.84. The number of carbonyl (C=O) groups excluding carboxylic acids is 1. The van der Waals surface area contributed by atoms with Crippen molar-refractivity contribution in [2.45, 2.75) is 5.92 Å². The molecule has 106 valence electrons. The molecular weight excluding hydrogens is 352 g/mol. The van der Waals surface area contributed by atoms with E-state index >= 15 is 0 Å². The summed E-state index contributed by atoms with van der Waals surface area (Å²) in [5, 5.41) is 10.3. The van der Waals surface area contributed by atoms with Crippen molar-refractivity contribution in [1.29, 1.82) is 0 Å². The quantitative estimate of drug-likeness (QED) is 0.704. The predicted octanol–water partition coefficient (Wildman–Crippen LogP) is 2.79. The summed E-state index contributed by atoms with van der Waals surface area (Å²) in [4.78, 5) is 14.9. The van der Waals surface area contributed by atoms with E-state index in [0.29, 0.717) is 13.1 Å². The van der Waals surface area contributed by atoms with Crippen molar-refractivity contribution >= 4 is 38.8 Å². The van der Waals surface area contributed by atoms with Crippen LogP contribution in [0.25, 0.3) is 5.65 Å². The molecule has 0 bridgehead atoms. The van der Waals surface area contributed by atoms with Crippen LogP contribution in [0.15, 0.2) is 40.3 Å². The lowest BCUT2D eigenvalue weighted by atomic mass is 9.99. The lowest BCUT2D eigenvalue weighted by Gasteiger charge is -2.37. The van der Waals surface area contributed by atoms with E-state index in [4.69, 9.17) is 0 Å². The minimum absolute atomic E-state index is 0.0933. The normalized spacial score (nSPS) is 15.4. The van der Waals surface area contributed by atoms with Gasteiger partial charge in [0.05, 0.1) is 10.8 Å². The number of halogens is 1. The Morgan fingerprint density at radius 3 is 2.95 bits per heavy atom. The highest BCUT2D eigenvalue weighted by atomic mass is 79.9. The Morgan fingerprint density at radius 2 is 2.19 bits per heavy atom. The molecule has 1 fully saturated rings. The van der Waals surface area contributed by atoms with Gasteiger partial charge in [0.1, 0.15) is 5.82 Å². The van der Waals surface area contributed by atoms with E-state index in [9.17, 15) is 4.79 Å². The second kappa shape index (κ2) is 4.92. The molecule has 21 heavy (non-hydrogen) atoms. The SMILES string of the molecule is O=C(c1cc(Br)cs1)N1CC(c2nnc3ccccn23)C1. The Bertz CT molecular complexity index is 821. The van der Waals surface area contributed by atoms with Gasteiger partial charge in [-0.1, -0.05) is 6.07 Å². The Balaban J connectivity index is 1.51. The van der Waals surface area contributed by atoms with Crippen LogP contribution in [0.1, 0.15) is 21.4 Å². The maximum absolute atomic E-state index is 12.3. The maximum Gasteiger partial charge on any atom is 0.264 e. The van der Waals surface area contributed by atoms with Crippen molar-refractivity contribution < 1.29 is 4.79 Å². The Labute approximate surface area is 133 Å². The number of nitrogens with zero attached hydrogens (tertiary/aromatic N) is 4. The van der Waals surface area contributed by atoms with E-state index < -0.39 is 0 Å². The van der Waals surface area contributed by atoms with Crippen LogP contribution in [0, 0.1) is 0 Å². The van der Waals surface area contributed by atoms with Gasteiger partial charge in [0.2, 0.25) is 0 Å². The zero-order valence-electron chi connectivity index (χ0n) is 10.9. The number of aromatic nitrogens is 3. The van der Waals surface area contributed by atoms with Gasteiger partial charge < -0.3 is 4.90 Å². The van der Waals surface area contributed by atoms with Gasteiger partial charge in [0.15, 0.2) is 5.65 Å². The molecule has 1 aliphatic rings. The van der Waals surface area contributed by atoms with Crippen LogP contribution in [0.5, 0.6) is 0 Å². The number of fused-ring (bicyclic) bond motifs is 1. The minimum Gasteiger partial charge on any atom is -0.336 e. The van der Waals surface area contributed by atoms with Gasteiger partial charge in [-0.3, -0.25) is 9.20 Å². The highest BCUT2D eigenvalue weighted by molar-refractivity contribution is 9.10. The zero-order valence-corrected chi connectivity index (χ0v) is 13.3. The number of thiophene rings is 1. The van der Waals surface area contributed by atoms with Gasteiger partial charge in [0.25, 0.3) is 5.91 Å². The van der Waals surface area contributed by atoms with E-state index in [1.807, 2.05) is 45.1 Å². The molecule has 5 nitrogen and oxygen atoms in total. The molecule has 0 spiro atoms. The van der Waals surface area contributed by atoms with Crippen LogP contribution < -0.4 is 0 Å². The molecule has 4 heterocycles. The molecule has 1 aliphatic heterocycles. The van der Waals surface area contributed by atoms with E-state index in [-0.39, 0.29) is 11.8 Å². The van der Waals surface area contributed by atoms with Gasteiger partial charge in [-0.2, -0.15) is 0 Å². The summed E-state index contributed by atoms with van der Waals surface area (Å²) in [5.74, 6) is 1.28. The van der Waals surface area contributed by atoms with Crippen LogP contribution in [-0.2, 0) is 0 Å². The molecule has 0 N–H and O–H groups in total. The fourth-order valence-corrected chi connectivity index (χ4v) is 3.92. The number of amides is 1. The number of carbonyl (C=O) groups is 1. The molecule has 4 rings (SSSR count). The van der Waals surface area contributed by atoms with Crippen molar-refractivity contribution in [3.8, 4) is 0 Å².